The van der Waals surface area contributed by atoms with Crippen LogP contribution in [0.3, 0.4) is 0 Å². The molecule has 0 spiro atoms. The van der Waals surface area contributed by atoms with E-state index < -0.39 is 11.8 Å². The molecular formula is C11H10FNO2S. The largest absolute Gasteiger partial charge is 0.465 e. The van der Waals surface area contributed by atoms with Crippen LogP contribution in [-0.4, -0.2) is 23.3 Å². The number of methoxy groups -OCH3 is 1. The number of carbonyl (C=O) groups is 1. The van der Waals surface area contributed by atoms with Gasteiger partial charge in [0.05, 0.1) is 18.2 Å². The monoisotopic (exact) mass is 239 g/mol. The minimum absolute atomic E-state index is 0.255. The summed E-state index contributed by atoms with van der Waals surface area (Å²) in [6, 6.07) is 4.37. The van der Waals surface area contributed by atoms with Crippen LogP contribution in [0.1, 0.15) is 10.4 Å². The Kier molecular flexibility index (Phi) is 2.87. The maximum absolute atomic E-state index is 13.4. The number of esters is 1. The third-order valence-corrected chi connectivity index (χ3v) is 3.05. The van der Waals surface area contributed by atoms with E-state index in [4.69, 9.17) is 0 Å². The first-order chi connectivity index (χ1) is 7.67. The number of ether oxygens (including phenoxy) is 1. The second-order valence-electron chi connectivity index (χ2n) is 3.20. The minimum Gasteiger partial charge on any atom is -0.465 e. The van der Waals surface area contributed by atoms with Crippen LogP contribution in [0.25, 0.3) is 10.9 Å². The lowest BCUT2D eigenvalue weighted by molar-refractivity contribution is 0.0602. The molecule has 2 aromatic rings. The molecule has 16 heavy (non-hydrogen) atoms. The SMILES string of the molecule is COC(=O)c1cc(F)cc2c1ccn2SC. The predicted molar refractivity (Wildman–Crippen MR) is 62.1 cm³/mol. The number of carbonyl (C=O) groups excluding carboxylic acids is 1. The molecule has 3 nitrogen and oxygen atoms in total. The van der Waals surface area contributed by atoms with Crippen LogP contribution in [0, 0.1) is 5.82 Å². The summed E-state index contributed by atoms with van der Waals surface area (Å²) < 4.78 is 19.8. The molecule has 0 saturated carbocycles. The average molecular weight is 239 g/mol. The molecule has 0 saturated heterocycles. The number of hydrogen-bond donors (Lipinski definition) is 0. The molecule has 0 radical (unpaired) electrons. The van der Waals surface area contributed by atoms with Crippen molar-refractivity contribution in [3.05, 3.63) is 35.8 Å². The van der Waals surface area contributed by atoms with E-state index in [1.54, 1.807) is 16.2 Å². The molecule has 5 heteroatoms. The van der Waals surface area contributed by atoms with Crippen molar-refractivity contribution in [2.24, 2.45) is 0 Å². The van der Waals surface area contributed by atoms with Gasteiger partial charge >= 0.3 is 5.97 Å². The normalized spacial score (nSPS) is 10.7. The quantitative estimate of drug-likeness (QED) is 0.755. The molecule has 0 amide bonds. The third-order valence-electron chi connectivity index (χ3n) is 2.34. The summed E-state index contributed by atoms with van der Waals surface area (Å²) in [6.07, 6.45) is 3.67. The van der Waals surface area contributed by atoms with Crippen LogP contribution in [-0.2, 0) is 4.74 Å². The number of hydrogen-bond acceptors (Lipinski definition) is 3. The summed E-state index contributed by atoms with van der Waals surface area (Å²) in [5, 5.41) is 0.697. The van der Waals surface area contributed by atoms with Crippen molar-refractivity contribution in [3.8, 4) is 0 Å². The molecule has 2 rings (SSSR count). The molecule has 0 N–H and O–H groups in total. The van der Waals surface area contributed by atoms with Gasteiger partial charge in [-0.15, -0.1) is 0 Å². The summed E-state index contributed by atoms with van der Waals surface area (Å²) in [6.45, 7) is 0. The van der Waals surface area contributed by atoms with Gasteiger partial charge in [-0.3, -0.25) is 3.97 Å². The zero-order chi connectivity index (χ0) is 11.7. The smallest absolute Gasteiger partial charge is 0.338 e. The summed E-state index contributed by atoms with van der Waals surface area (Å²) in [4.78, 5) is 11.5. The highest BCUT2D eigenvalue weighted by Gasteiger charge is 2.14. The Bertz CT molecular complexity index is 550. The highest BCUT2D eigenvalue weighted by atomic mass is 32.2. The Morgan fingerprint density at radius 1 is 1.50 bits per heavy atom. The lowest BCUT2D eigenvalue weighted by Crippen LogP contribution is -2.02. The lowest BCUT2D eigenvalue weighted by atomic mass is 10.1. The van der Waals surface area contributed by atoms with Crippen molar-refractivity contribution in [2.45, 2.75) is 0 Å². The Morgan fingerprint density at radius 3 is 2.88 bits per heavy atom. The fraction of sp³-hybridized carbons (Fsp3) is 0.182. The zero-order valence-corrected chi connectivity index (χ0v) is 9.68. The standard InChI is InChI=1S/C11H10FNO2S/c1-15-11(14)9-5-7(12)6-10-8(9)3-4-13(10)16-2/h3-6H,1-2H3. The average Bonchev–Trinajstić information content (AvgIpc) is 2.69. The second-order valence-corrected chi connectivity index (χ2v) is 3.96. The highest BCUT2D eigenvalue weighted by molar-refractivity contribution is 7.97. The van der Waals surface area contributed by atoms with Gasteiger partial charge in [-0.1, -0.05) is 0 Å². The summed E-state index contributed by atoms with van der Waals surface area (Å²) in [7, 11) is 1.28. The van der Waals surface area contributed by atoms with Crippen molar-refractivity contribution in [1.82, 2.24) is 3.97 Å². The minimum atomic E-state index is -0.525. The van der Waals surface area contributed by atoms with Gasteiger partial charge in [0.2, 0.25) is 0 Å². The van der Waals surface area contributed by atoms with Gasteiger partial charge in [0.1, 0.15) is 5.82 Å². The molecule has 0 bridgehead atoms. The molecule has 0 atom stereocenters. The number of halogens is 1. The van der Waals surface area contributed by atoms with Crippen molar-refractivity contribution < 1.29 is 13.9 Å². The van der Waals surface area contributed by atoms with Gasteiger partial charge < -0.3 is 4.74 Å². The molecule has 0 aliphatic rings. The molecule has 0 aliphatic heterocycles. The first-order valence-electron chi connectivity index (χ1n) is 4.60. The Morgan fingerprint density at radius 2 is 2.25 bits per heavy atom. The van der Waals surface area contributed by atoms with E-state index in [1.807, 2.05) is 6.26 Å². The molecule has 1 aromatic heterocycles. The maximum Gasteiger partial charge on any atom is 0.338 e. The van der Waals surface area contributed by atoms with Crippen molar-refractivity contribution in [1.29, 1.82) is 0 Å². The summed E-state index contributed by atoms with van der Waals surface area (Å²) in [5.74, 6) is -0.967. The topological polar surface area (TPSA) is 31.2 Å². The van der Waals surface area contributed by atoms with Crippen LogP contribution in [0.4, 0.5) is 4.39 Å². The van der Waals surface area contributed by atoms with E-state index in [0.717, 1.165) is 0 Å². The van der Waals surface area contributed by atoms with E-state index in [2.05, 4.69) is 4.74 Å². The van der Waals surface area contributed by atoms with E-state index in [0.29, 0.717) is 10.9 Å². The first-order valence-corrected chi connectivity index (χ1v) is 5.79. The van der Waals surface area contributed by atoms with E-state index in [-0.39, 0.29) is 5.56 Å². The molecule has 1 heterocycles. The number of fused-ring (bicyclic) bond motifs is 1. The van der Waals surface area contributed by atoms with Crippen LogP contribution >= 0.6 is 11.9 Å². The number of benzene rings is 1. The summed E-state index contributed by atoms with van der Waals surface area (Å²) >= 11 is 1.44. The van der Waals surface area contributed by atoms with Gasteiger partial charge in [-0.05, 0) is 30.1 Å². The van der Waals surface area contributed by atoms with Gasteiger partial charge in [-0.25, -0.2) is 9.18 Å². The fourth-order valence-corrected chi connectivity index (χ4v) is 2.15. The second kappa shape index (κ2) is 4.17. The maximum atomic E-state index is 13.4. The van der Waals surface area contributed by atoms with Crippen LogP contribution in [0.5, 0.6) is 0 Å². The van der Waals surface area contributed by atoms with Gasteiger partial charge in [0, 0.05) is 17.8 Å². The Hall–Kier alpha value is -1.49. The number of aromatic nitrogens is 1. The van der Waals surface area contributed by atoms with E-state index >= 15 is 0 Å². The van der Waals surface area contributed by atoms with Gasteiger partial charge in [0.25, 0.3) is 0 Å². The zero-order valence-electron chi connectivity index (χ0n) is 8.86. The molecule has 1 aromatic carbocycles. The third kappa shape index (κ3) is 1.67. The highest BCUT2D eigenvalue weighted by Crippen LogP contribution is 2.25. The van der Waals surface area contributed by atoms with Crippen LogP contribution < -0.4 is 0 Å². The van der Waals surface area contributed by atoms with E-state index in [1.165, 1.54) is 31.2 Å². The molecule has 0 aliphatic carbocycles. The number of nitrogens with zero attached hydrogens (tertiary/aromatic N) is 1. The Labute approximate surface area is 96.3 Å². The van der Waals surface area contributed by atoms with Crippen molar-refractivity contribution in [2.75, 3.05) is 13.4 Å². The van der Waals surface area contributed by atoms with Crippen LogP contribution in [0.2, 0.25) is 0 Å². The molecule has 0 unspecified atom stereocenters. The number of rotatable bonds is 2. The van der Waals surface area contributed by atoms with Gasteiger partial charge in [-0.2, -0.15) is 0 Å². The molecule has 84 valence electrons. The lowest BCUT2D eigenvalue weighted by Gasteiger charge is -2.04. The first kappa shape index (κ1) is 11.0. The Balaban J connectivity index is 2.74. The van der Waals surface area contributed by atoms with Crippen molar-refractivity contribution >= 4 is 28.8 Å². The van der Waals surface area contributed by atoms with Crippen LogP contribution in [0.15, 0.2) is 24.4 Å². The van der Waals surface area contributed by atoms with Crippen molar-refractivity contribution in [3.63, 3.8) is 0 Å². The van der Waals surface area contributed by atoms with Gasteiger partial charge in [0.15, 0.2) is 0 Å². The molecular weight excluding hydrogens is 229 g/mol. The fourth-order valence-electron chi connectivity index (χ4n) is 1.62. The summed E-state index contributed by atoms with van der Waals surface area (Å²) in [5.41, 5.74) is 0.929. The predicted octanol–water partition coefficient (Wildman–Crippen LogP) is 2.69. The van der Waals surface area contributed by atoms with E-state index in [9.17, 15) is 9.18 Å². The molecule has 0 fully saturated rings.